The second-order valence-corrected chi connectivity index (χ2v) is 5.03. The van der Waals surface area contributed by atoms with Gasteiger partial charge in [-0.1, -0.05) is 0 Å². The van der Waals surface area contributed by atoms with E-state index in [2.05, 4.69) is 25.7 Å². The van der Waals surface area contributed by atoms with Crippen LogP contribution < -0.4 is 16.6 Å². The zero-order chi connectivity index (χ0) is 13.9. The van der Waals surface area contributed by atoms with Crippen molar-refractivity contribution in [3.05, 3.63) is 41.5 Å². The number of aromatic nitrogens is 3. The SMILES string of the molecule is Cc1c(NN)nc(C2CC2)nc1NCc1ccncc1. The Morgan fingerprint density at radius 3 is 2.55 bits per heavy atom. The molecule has 0 aliphatic heterocycles. The Kier molecular flexibility index (Phi) is 3.47. The summed E-state index contributed by atoms with van der Waals surface area (Å²) in [6, 6.07) is 3.96. The molecule has 0 bridgehead atoms. The maximum atomic E-state index is 5.54. The Balaban J connectivity index is 1.82. The summed E-state index contributed by atoms with van der Waals surface area (Å²) < 4.78 is 0. The molecule has 104 valence electrons. The Labute approximate surface area is 117 Å². The van der Waals surface area contributed by atoms with Crippen molar-refractivity contribution in [1.82, 2.24) is 15.0 Å². The van der Waals surface area contributed by atoms with Gasteiger partial charge in [0.05, 0.1) is 0 Å². The van der Waals surface area contributed by atoms with E-state index >= 15 is 0 Å². The minimum absolute atomic E-state index is 0.490. The number of nitrogens with one attached hydrogen (secondary N) is 2. The Morgan fingerprint density at radius 1 is 1.20 bits per heavy atom. The molecule has 0 amide bonds. The predicted octanol–water partition coefficient (Wildman–Crippen LogP) is 1.96. The van der Waals surface area contributed by atoms with Gasteiger partial charge in [-0.3, -0.25) is 4.98 Å². The van der Waals surface area contributed by atoms with Gasteiger partial charge < -0.3 is 10.7 Å². The zero-order valence-corrected chi connectivity index (χ0v) is 11.4. The molecule has 2 aromatic rings. The van der Waals surface area contributed by atoms with Gasteiger partial charge in [0.2, 0.25) is 0 Å². The Morgan fingerprint density at radius 2 is 1.90 bits per heavy atom. The number of pyridine rings is 1. The highest BCUT2D eigenvalue weighted by Gasteiger charge is 2.28. The van der Waals surface area contributed by atoms with Crippen LogP contribution in [0, 0.1) is 6.92 Å². The molecule has 3 rings (SSSR count). The quantitative estimate of drug-likeness (QED) is 0.568. The number of anilines is 2. The molecule has 1 aliphatic carbocycles. The maximum absolute atomic E-state index is 5.54. The van der Waals surface area contributed by atoms with Crippen LogP contribution in [0.5, 0.6) is 0 Å². The van der Waals surface area contributed by atoms with Gasteiger partial charge in [0, 0.05) is 30.4 Å². The molecular formula is C14H18N6. The molecule has 0 unspecified atom stereocenters. The minimum Gasteiger partial charge on any atom is -0.366 e. The molecule has 4 N–H and O–H groups in total. The second-order valence-electron chi connectivity index (χ2n) is 5.03. The van der Waals surface area contributed by atoms with Gasteiger partial charge >= 0.3 is 0 Å². The van der Waals surface area contributed by atoms with Crippen LogP contribution in [0.4, 0.5) is 11.6 Å². The van der Waals surface area contributed by atoms with Crippen molar-refractivity contribution in [1.29, 1.82) is 0 Å². The van der Waals surface area contributed by atoms with Crippen molar-refractivity contribution in [2.24, 2.45) is 5.84 Å². The topological polar surface area (TPSA) is 88.8 Å². The smallest absolute Gasteiger partial charge is 0.148 e. The highest BCUT2D eigenvalue weighted by atomic mass is 15.3. The van der Waals surface area contributed by atoms with Crippen molar-refractivity contribution in [3.63, 3.8) is 0 Å². The molecule has 6 heteroatoms. The number of nitrogen functional groups attached to an aromatic ring is 1. The van der Waals surface area contributed by atoms with Gasteiger partial charge in [0.25, 0.3) is 0 Å². The molecule has 0 spiro atoms. The summed E-state index contributed by atoms with van der Waals surface area (Å²) in [6.45, 7) is 2.66. The van der Waals surface area contributed by atoms with Crippen molar-refractivity contribution in [2.45, 2.75) is 32.2 Å². The van der Waals surface area contributed by atoms with E-state index in [1.807, 2.05) is 19.1 Å². The van der Waals surface area contributed by atoms with Crippen LogP contribution in [0.15, 0.2) is 24.5 Å². The van der Waals surface area contributed by atoms with Gasteiger partial charge in [0.1, 0.15) is 17.5 Å². The highest BCUT2D eigenvalue weighted by molar-refractivity contribution is 5.57. The average Bonchev–Trinajstić information content (AvgIpc) is 3.32. The van der Waals surface area contributed by atoms with Crippen molar-refractivity contribution >= 4 is 11.6 Å². The van der Waals surface area contributed by atoms with Gasteiger partial charge in [0.15, 0.2) is 0 Å². The molecule has 0 saturated heterocycles. The van der Waals surface area contributed by atoms with E-state index in [-0.39, 0.29) is 0 Å². The normalized spacial score (nSPS) is 14.1. The summed E-state index contributed by atoms with van der Waals surface area (Å²) in [5.74, 6) is 8.44. The lowest BCUT2D eigenvalue weighted by atomic mass is 10.2. The maximum Gasteiger partial charge on any atom is 0.148 e. The zero-order valence-electron chi connectivity index (χ0n) is 11.4. The van der Waals surface area contributed by atoms with Crippen LogP contribution in [0.25, 0.3) is 0 Å². The lowest BCUT2D eigenvalue weighted by Gasteiger charge is -2.13. The van der Waals surface area contributed by atoms with Crippen molar-refractivity contribution in [2.75, 3.05) is 10.7 Å². The van der Waals surface area contributed by atoms with Gasteiger partial charge in [-0.25, -0.2) is 15.8 Å². The van der Waals surface area contributed by atoms with E-state index in [1.54, 1.807) is 12.4 Å². The van der Waals surface area contributed by atoms with E-state index in [0.29, 0.717) is 18.3 Å². The summed E-state index contributed by atoms with van der Waals surface area (Å²) in [4.78, 5) is 13.1. The molecule has 0 aromatic carbocycles. The molecule has 6 nitrogen and oxygen atoms in total. The molecule has 2 aromatic heterocycles. The summed E-state index contributed by atoms with van der Waals surface area (Å²) in [6.07, 6.45) is 5.90. The molecule has 2 heterocycles. The number of rotatable bonds is 5. The molecule has 1 aliphatic rings. The third-order valence-corrected chi connectivity index (χ3v) is 3.45. The standard InChI is InChI=1S/C14H18N6/c1-9-12(17-8-10-4-6-16-7-5-10)18-14(11-2-3-11)19-13(9)20-15/h4-7,11H,2-3,8,15H2,1H3,(H2,17,18,19,20). The number of hydrogen-bond acceptors (Lipinski definition) is 6. The van der Waals surface area contributed by atoms with Crippen LogP contribution in [0.1, 0.15) is 35.7 Å². The lowest BCUT2D eigenvalue weighted by Crippen LogP contribution is -2.14. The van der Waals surface area contributed by atoms with Gasteiger partial charge in [-0.15, -0.1) is 0 Å². The Hall–Kier alpha value is -2.21. The van der Waals surface area contributed by atoms with Gasteiger partial charge in [-0.05, 0) is 37.5 Å². The average molecular weight is 270 g/mol. The first-order valence-corrected chi connectivity index (χ1v) is 6.76. The first kappa shape index (κ1) is 12.8. The molecule has 0 radical (unpaired) electrons. The number of nitrogens with two attached hydrogens (primary N) is 1. The third kappa shape index (κ3) is 2.70. The van der Waals surface area contributed by atoms with Crippen LogP contribution in [-0.2, 0) is 6.54 Å². The van der Waals surface area contributed by atoms with Crippen LogP contribution in [0.2, 0.25) is 0 Å². The van der Waals surface area contributed by atoms with E-state index in [4.69, 9.17) is 5.84 Å². The fourth-order valence-corrected chi connectivity index (χ4v) is 2.06. The monoisotopic (exact) mass is 270 g/mol. The third-order valence-electron chi connectivity index (χ3n) is 3.45. The largest absolute Gasteiger partial charge is 0.366 e. The highest BCUT2D eigenvalue weighted by Crippen LogP contribution is 2.39. The van der Waals surface area contributed by atoms with Gasteiger partial charge in [-0.2, -0.15) is 0 Å². The van der Waals surface area contributed by atoms with Crippen molar-refractivity contribution in [3.8, 4) is 0 Å². The van der Waals surface area contributed by atoms with Crippen LogP contribution in [-0.4, -0.2) is 15.0 Å². The molecule has 0 atom stereocenters. The Bertz CT molecular complexity index is 594. The van der Waals surface area contributed by atoms with E-state index < -0.39 is 0 Å². The predicted molar refractivity (Wildman–Crippen MR) is 78.1 cm³/mol. The fraction of sp³-hybridized carbons (Fsp3) is 0.357. The molecule has 20 heavy (non-hydrogen) atoms. The molecule has 1 saturated carbocycles. The summed E-state index contributed by atoms with van der Waals surface area (Å²) >= 11 is 0. The lowest BCUT2D eigenvalue weighted by molar-refractivity contribution is 0.910. The second kappa shape index (κ2) is 5.42. The van der Waals surface area contributed by atoms with Crippen LogP contribution >= 0.6 is 0 Å². The van der Waals surface area contributed by atoms with E-state index in [9.17, 15) is 0 Å². The number of hydrazine groups is 1. The molecule has 1 fully saturated rings. The van der Waals surface area contributed by atoms with Crippen molar-refractivity contribution < 1.29 is 0 Å². The summed E-state index contributed by atoms with van der Waals surface area (Å²) in [5, 5.41) is 3.35. The number of hydrogen-bond donors (Lipinski definition) is 3. The van der Waals surface area contributed by atoms with E-state index in [1.165, 1.54) is 0 Å². The fourth-order valence-electron chi connectivity index (χ4n) is 2.06. The molecular weight excluding hydrogens is 252 g/mol. The summed E-state index contributed by atoms with van der Waals surface area (Å²) in [7, 11) is 0. The first-order chi connectivity index (χ1) is 9.78. The first-order valence-electron chi connectivity index (χ1n) is 6.76. The minimum atomic E-state index is 0.490. The number of nitrogens with zero attached hydrogens (tertiary/aromatic N) is 3. The van der Waals surface area contributed by atoms with Crippen LogP contribution in [0.3, 0.4) is 0 Å². The van der Waals surface area contributed by atoms with E-state index in [0.717, 1.165) is 35.6 Å². The summed E-state index contributed by atoms with van der Waals surface area (Å²) in [5.41, 5.74) is 4.75.